The number of nitrogens with zero attached hydrogens (tertiary/aromatic N) is 3. The molecule has 0 aliphatic carbocycles. The van der Waals surface area contributed by atoms with E-state index in [9.17, 15) is 0 Å². The number of benzene rings is 1. The molecule has 0 spiro atoms. The Morgan fingerprint density at radius 1 is 1.16 bits per heavy atom. The second-order valence-electron chi connectivity index (χ2n) is 6.24. The molecule has 0 amide bonds. The monoisotopic (exact) mass is 342 g/mol. The van der Waals surface area contributed by atoms with Gasteiger partial charge in [0.2, 0.25) is 0 Å². The molecule has 0 unspecified atom stereocenters. The van der Waals surface area contributed by atoms with Crippen LogP contribution in [-0.2, 0) is 4.74 Å². The van der Waals surface area contributed by atoms with Crippen molar-refractivity contribution in [3.8, 4) is 0 Å². The van der Waals surface area contributed by atoms with Crippen LogP contribution in [0.15, 0.2) is 24.5 Å². The molecule has 134 valence electrons. The Morgan fingerprint density at radius 2 is 1.92 bits per heavy atom. The van der Waals surface area contributed by atoms with Gasteiger partial charge >= 0.3 is 0 Å². The van der Waals surface area contributed by atoms with Gasteiger partial charge in [-0.3, -0.25) is 4.90 Å². The van der Waals surface area contributed by atoms with Gasteiger partial charge in [0.25, 0.3) is 0 Å². The van der Waals surface area contributed by atoms with Crippen molar-refractivity contribution < 1.29 is 4.74 Å². The van der Waals surface area contributed by atoms with Crippen molar-refractivity contribution in [1.29, 1.82) is 0 Å². The Morgan fingerprint density at radius 3 is 2.72 bits per heavy atom. The van der Waals surface area contributed by atoms with Gasteiger partial charge in [-0.05, 0) is 31.0 Å². The molecule has 0 radical (unpaired) electrons. The van der Waals surface area contributed by atoms with Crippen molar-refractivity contribution in [2.75, 3.05) is 55.8 Å². The first-order valence-corrected chi connectivity index (χ1v) is 8.63. The third-order valence-corrected chi connectivity index (χ3v) is 4.57. The van der Waals surface area contributed by atoms with Crippen LogP contribution in [0.25, 0.3) is 0 Å². The highest BCUT2D eigenvalue weighted by atomic mass is 16.5. The molecular weight excluding hydrogens is 316 g/mol. The summed E-state index contributed by atoms with van der Waals surface area (Å²) in [4.78, 5) is 10.9. The van der Waals surface area contributed by atoms with E-state index in [1.54, 1.807) is 0 Å². The molecule has 7 heteroatoms. The highest BCUT2D eigenvalue weighted by molar-refractivity contribution is 5.78. The molecule has 0 bridgehead atoms. The number of hydrogen-bond acceptors (Lipinski definition) is 7. The first kappa shape index (κ1) is 17.4. The summed E-state index contributed by atoms with van der Waals surface area (Å²) in [5.74, 6) is 1.29. The molecule has 2 aromatic rings. The van der Waals surface area contributed by atoms with Crippen LogP contribution in [0, 0.1) is 13.8 Å². The van der Waals surface area contributed by atoms with Crippen molar-refractivity contribution in [2.24, 2.45) is 0 Å². The zero-order chi connectivity index (χ0) is 17.6. The number of nitrogens with one attached hydrogen (secondary N) is 2. The van der Waals surface area contributed by atoms with Gasteiger partial charge in [-0.15, -0.1) is 0 Å². The van der Waals surface area contributed by atoms with Gasteiger partial charge < -0.3 is 21.1 Å². The summed E-state index contributed by atoms with van der Waals surface area (Å²) in [6.07, 6.45) is 1.53. The fraction of sp³-hybridized carbons (Fsp3) is 0.444. The van der Waals surface area contributed by atoms with Crippen LogP contribution in [0.2, 0.25) is 0 Å². The lowest BCUT2D eigenvalue weighted by Crippen LogP contribution is -2.39. The molecular formula is C18H26N6O. The van der Waals surface area contributed by atoms with Crippen molar-refractivity contribution >= 4 is 23.0 Å². The molecule has 25 heavy (non-hydrogen) atoms. The van der Waals surface area contributed by atoms with Gasteiger partial charge in [-0.25, -0.2) is 9.97 Å². The fourth-order valence-corrected chi connectivity index (χ4v) is 2.81. The van der Waals surface area contributed by atoms with Crippen LogP contribution in [0.1, 0.15) is 11.1 Å². The van der Waals surface area contributed by atoms with Gasteiger partial charge in [0.1, 0.15) is 12.0 Å². The second kappa shape index (κ2) is 8.13. The quantitative estimate of drug-likeness (QED) is 0.741. The summed E-state index contributed by atoms with van der Waals surface area (Å²) >= 11 is 0. The van der Waals surface area contributed by atoms with Gasteiger partial charge in [0.05, 0.1) is 13.2 Å². The van der Waals surface area contributed by atoms with Crippen LogP contribution in [0.5, 0.6) is 0 Å². The number of hydrogen-bond donors (Lipinski definition) is 3. The normalized spacial score (nSPS) is 15.1. The van der Waals surface area contributed by atoms with E-state index in [2.05, 4.69) is 45.4 Å². The zero-order valence-electron chi connectivity index (χ0n) is 14.9. The van der Waals surface area contributed by atoms with E-state index < -0.39 is 0 Å². The molecule has 1 aliphatic heterocycles. The van der Waals surface area contributed by atoms with E-state index in [1.165, 1.54) is 17.5 Å². The molecule has 4 N–H and O–H groups in total. The number of nitrogen functional groups attached to an aromatic ring is 1. The van der Waals surface area contributed by atoms with Crippen LogP contribution >= 0.6 is 0 Å². The number of morpholine rings is 1. The van der Waals surface area contributed by atoms with E-state index >= 15 is 0 Å². The molecule has 1 saturated heterocycles. The zero-order valence-corrected chi connectivity index (χ0v) is 14.9. The van der Waals surface area contributed by atoms with E-state index in [4.69, 9.17) is 10.5 Å². The SMILES string of the molecule is Cc1cccc(Nc2ncnc(NCCN3CCOCC3)c2N)c1C. The van der Waals surface area contributed by atoms with Crippen LogP contribution < -0.4 is 16.4 Å². The first-order valence-electron chi connectivity index (χ1n) is 8.63. The first-order chi connectivity index (χ1) is 12.1. The minimum Gasteiger partial charge on any atom is -0.393 e. The Balaban J connectivity index is 1.64. The Labute approximate surface area is 148 Å². The lowest BCUT2D eigenvalue weighted by atomic mass is 10.1. The summed E-state index contributed by atoms with van der Waals surface area (Å²) in [7, 11) is 0. The van der Waals surface area contributed by atoms with Gasteiger partial charge in [-0.1, -0.05) is 12.1 Å². The number of nitrogens with two attached hydrogens (primary N) is 1. The largest absolute Gasteiger partial charge is 0.393 e. The molecule has 1 aliphatic rings. The van der Waals surface area contributed by atoms with E-state index in [-0.39, 0.29) is 0 Å². The Kier molecular flexibility index (Phi) is 5.67. The number of anilines is 4. The number of aromatic nitrogens is 2. The molecule has 0 atom stereocenters. The number of aryl methyl sites for hydroxylation is 1. The van der Waals surface area contributed by atoms with Crippen molar-refractivity contribution in [2.45, 2.75) is 13.8 Å². The maximum Gasteiger partial charge on any atom is 0.159 e. The average Bonchev–Trinajstić information content (AvgIpc) is 2.63. The summed E-state index contributed by atoms with van der Waals surface area (Å²) in [6, 6.07) is 6.13. The van der Waals surface area contributed by atoms with Crippen molar-refractivity contribution in [3.05, 3.63) is 35.7 Å². The fourth-order valence-electron chi connectivity index (χ4n) is 2.81. The molecule has 7 nitrogen and oxygen atoms in total. The third-order valence-electron chi connectivity index (χ3n) is 4.57. The van der Waals surface area contributed by atoms with Crippen LogP contribution in [0.3, 0.4) is 0 Å². The van der Waals surface area contributed by atoms with Crippen LogP contribution in [-0.4, -0.2) is 54.3 Å². The predicted molar refractivity (Wildman–Crippen MR) is 101 cm³/mol. The number of ether oxygens (including phenoxy) is 1. The minimum absolute atomic E-state index is 0.533. The summed E-state index contributed by atoms with van der Waals surface area (Å²) in [5.41, 5.74) is 10.2. The number of rotatable bonds is 6. The van der Waals surface area contributed by atoms with E-state index in [0.29, 0.717) is 17.3 Å². The van der Waals surface area contributed by atoms with Crippen LogP contribution in [0.4, 0.5) is 23.0 Å². The lowest BCUT2D eigenvalue weighted by molar-refractivity contribution is 0.0398. The van der Waals surface area contributed by atoms with Gasteiger partial charge in [-0.2, -0.15) is 0 Å². The topological polar surface area (TPSA) is 88.3 Å². The van der Waals surface area contributed by atoms with E-state index in [0.717, 1.165) is 45.1 Å². The molecule has 1 aromatic carbocycles. The summed E-state index contributed by atoms with van der Waals surface area (Å²) in [6.45, 7) is 9.44. The third kappa shape index (κ3) is 4.37. The standard InChI is InChI=1S/C18H26N6O/c1-13-4-3-5-15(14(13)2)23-18-16(19)17(21-12-22-18)20-6-7-24-8-10-25-11-9-24/h3-5,12H,6-11,19H2,1-2H3,(H2,20,21,22,23). The molecule has 0 saturated carbocycles. The Hall–Kier alpha value is -2.38. The molecule has 3 rings (SSSR count). The highest BCUT2D eigenvalue weighted by Gasteiger charge is 2.12. The molecule has 2 heterocycles. The van der Waals surface area contributed by atoms with Crippen molar-refractivity contribution in [3.63, 3.8) is 0 Å². The predicted octanol–water partition coefficient (Wildman–Crippen LogP) is 2.16. The summed E-state index contributed by atoms with van der Waals surface area (Å²) < 4.78 is 5.36. The maximum absolute atomic E-state index is 6.25. The maximum atomic E-state index is 6.25. The average molecular weight is 342 g/mol. The van der Waals surface area contributed by atoms with Crippen molar-refractivity contribution in [1.82, 2.24) is 14.9 Å². The molecule has 1 aromatic heterocycles. The second-order valence-corrected chi connectivity index (χ2v) is 6.24. The Bertz CT molecular complexity index is 715. The lowest BCUT2D eigenvalue weighted by Gasteiger charge is -2.26. The van der Waals surface area contributed by atoms with E-state index in [1.807, 2.05) is 12.1 Å². The highest BCUT2D eigenvalue weighted by Crippen LogP contribution is 2.28. The van der Waals surface area contributed by atoms with Gasteiger partial charge in [0, 0.05) is 31.9 Å². The summed E-state index contributed by atoms with van der Waals surface area (Å²) in [5, 5.41) is 6.63. The van der Waals surface area contributed by atoms with Gasteiger partial charge in [0.15, 0.2) is 11.6 Å². The minimum atomic E-state index is 0.533. The molecule has 1 fully saturated rings. The smallest absolute Gasteiger partial charge is 0.159 e.